The molecule has 2 aromatic rings. The lowest BCUT2D eigenvalue weighted by Crippen LogP contribution is -2.15. The molecule has 0 spiro atoms. The summed E-state index contributed by atoms with van der Waals surface area (Å²) in [5, 5.41) is 12.2. The number of nitrogens with one attached hydrogen (secondary N) is 1. The average Bonchev–Trinajstić information content (AvgIpc) is 2.62. The standard InChI is InChI=1S/C21H22N2O2/c1-4-12-25-19-10-8-17(9-11-19)13-18(14-22)21(24)23-20-15(2)6-5-7-16(20)3/h5-11,13H,4,12H2,1-3H3,(H,23,24)/b18-13+. The van der Waals surface area contributed by atoms with Gasteiger partial charge in [0.15, 0.2) is 0 Å². The summed E-state index contributed by atoms with van der Waals surface area (Å²) >= 11 is 0. The molecule has 1 N–H and O–H groups in total. The minimum Gasteiger partial charge on any atom is -0.494 e. The summed E-state index contributed by atoms with van der Waals surface area (Å²) in [7, 11) is 0. The van der Waals surface area contributed by atoms with Crippen LogP contribution in [0.4, 0.5) is 5.69 Å². The van der Waals surface area contributed by atoms with Crippen LogP contribution in [0.2, 0.25) is 0 Å². The molecular formula is C21H22N2O2. The lowest BCUT2D eigenvalue weighted by atomic mass is 10.1. The van der Waals surface area contributed by atoms with Crippen molar-refractivity contribution in [2.24, 2.45) is 0 Å². The third-order valence-electron chi connectivity index (χ3n) is 3.75. The Morgan fingerprint density at radius 3 is 2.36 bits per heavy atom. The Kier molecular flexibility index (Phi) is 6.36. The molecule has 4 heteroatoms. The lowest BCUT2D eigenvalue weighted by Gasteiger charge is -2.11. The van der Waals surface area contributed by atoms with E-state index in [-0.39, 0.29) is 5.57 Å². The Hall–Kier alpha value is -3.06. The Labute approximate surface area is 148 Å². The van der Waals surface area contributed by atoms with Gasteiger partial charge in [-0.3, -0.25) is 4.79 Å². The van der Waals surface area contributed by atoms with Gasteiger partial charge in [-0.1, -0.05) is 37.3 Å². The van der Waals surface area contributed by atoms with Gasteiger partial charge in [0.1, 0.15) is 17.4 Å². The van der Waals surface area contributed by atoms with Crippen LogP contribution in [-0.4, -0.2) is 12.5 Å². The van der Waals surface area contributed by atoms with Crippen LogP contribution in [0.1, 0.15) is 30.0 Å². The number of para-hydroxylation sites is 1. The SMILES string of the molecule is CCCOc1ccc(/C=C(\C#N)C(=O)Nc2c(C)cccc2C)cc1. The van der Waals surface area contributed by atoms with Crippen molar-refractivity contribution in [1.29, 1.82) is 5.26 Å². The highest BCUT2D eigenvalue weighted by Crippen LogP contribution is 2.21. The number of hydrogen-bond acceptors (Lipinski definition) is 3. The van der Waals surface area contributed by atoms with E-state index in [4.69, 9.17) is 4.74 Å². The van der Waals surface area contributed by atoms with Gasteiger partial charge in [-0.25, -0.2) is 0 Å². The Morgan fingerprint density at radius 1 is 1.16 bits per heavy atom. The van der Waals surface area contributed by atoms with Crippen LogP contribution in [-0.2, 0) is 4.79 Å². The number of benzene rings is 2. The summed E-state index contributed by atoms with van der Waals surface area (Å²) in [5.41, 5.74) is 3.50. The monoisotopic (exact) mass is 334 g/mol. The van der Waals surface area contributed by atoms with Gasteiger partial charge in [0.05, 0.1) is 6.61 Å². The largest absolute Gasteiger partial charge is 0.494 e. The van der Waals surface area contributed by atoms with E-state index in [1.54, 1.807) is 6.08 Å². The molecule has 0 aliphatic heterocycles. The van der Waals surface area contributed by atoms with Crippen LogP contribution in [0.25, 0.3) is 6.08 Å². The van der Waals surface area contributed by atoms with E-state index in [9.17, 15) is 10.1 Å². The highest BCUT2D eigenvalue weighted by Gasteiger charge is 2.12. The molecule has 2 aromatic carbocycles. The first-order chi connectivity index (χ1) is 12.0. The van der Waals surface area contributed by atoms with Crippen molar-refractivity contribution in [3.63, 3.8) is 0 Å². The molecule has 0 atom stereocenters. The third-order valence-corrected chi connectivity index (χ3v) is 3.75. The number of nitrogens with zero attached hydrogens (tertiary/aromatic N) is 1. The predicted octanol–water partition coefficient (Wildman–Crippen LogP) is 4.64. The molecule has 0 aliphatic rings. The zero-order chi connectivity index (χ0) is 18.2. The van der Waals surface area contributed by atoms with E-state index >= 15 is 0 Å². The van der Waals surface area contributed by atoms with E-state index in [2.05, 4.69) is 5.32 Å². The van der Waals surface area contributed by atoms with Gasteiger partial charge in [0.25, 0.3) is 5.91 Å². The fourth-order valence-electron chi connectivity index (χ4n) is 2.39. The maximum Gasteiger partial charge on any atom is 0.266 e. The molecule has 128 valence electrons. The van der Waals surface area contributed by atoms with Crippen molar-refractivity contribution in [1.82, 2.24) is 0 Å². The van der Waals surface area contributed by atoms with Gasteiger partial charge in [-0.05, 0) is 55.2 Å². The smallest absolute Gasteiger partial charge is 0.266 e. The highest BCUT2D eigenvalue weighted by molar-refractivity contribution is 6.10. The second-order valence-corrected chi connectivity index (χ2v) is 5.81. The van der Waals surface area contributed by atoms with Gasteiger partial charge in [-0.2, -0.15) is 5.26 Å². The first-order valence-corrected chi connectivity index (χ1v) is 8.27. The van der Waals surface area contributed by atoms with Crippen LogP contribution in [0.15, 0.2) is 48.0 Å². The maximum atomic E-state index is 12.4. The summed E-state index contributed by atoms with van der Waals surface area (Å²) in [6, 6.07) is 15.1. The number of nitriles is 1. The number of carbonyl (C=O) groups excluding carboxylic acids is 1. The average molecular weight is 334 g/mol. The summed E-state index contributed by atoms with van der Waals surface area (Å²) in [6.45, 7) is 6.56. The summed E-state index contributed by atoms with van der Waals surface area (Å²) in [6.07, 6.45) is 2.52. The fraction of sp³-hybridized carbons (Fsp3) is 0.238. The molecule has 0 bridgehead atoms. The number of anilines is 1. The number of carbonyl (C=O) groups is 1. The highest BCUT2D eigenvalue weighted by atomic mass is 16.5. The van der Waals surface area contributed by atoms with E-state index < -0.39 is 5.91 Å². The molecule has 0 aromatic heterocycles. The molecule has 0 unspecified atom stereocenters. The predicted molar refractivity (Wildman–Crippen MR) is 100 cm³/mol. The maximum absolute atomic E-state index is 12.4. The van der Waals surface area contributed by atoms with Crippen LogP contribution in [0, 0.1) is 25.2 Å². The molecule has 2 rings (SSSR count). The van der Waals surface area contributed by atoms with Crippen LogP contribution >= 0.6 is 0 Å². The molecule has 0 saturated carbocycles. The zero-order valence-electron chi connectivity index (χ0n) is 14.8. The number of ether oxygens (including phenoxy) is 1. The molecule has 0 fully saturated rings. The van der Waals surface area contributed by atoms with E-state index in [1.807, 2.05) is 69.3 Å². The molecule has 0 saturated heterocycles. The summed E-state index contributed by atoms with van der Waals surface area (Å²) in [4.78, 5) is 12.4. The van der Waals surface area contributed by atoms with Crippen LogP contribution in [0.3, 0.4) is 0 Å². The number of hydrogen-bond donors (Lipinski definition) is 1. The van der Waals surface area contributed by atoms with Crippen LogP contribution < -0.4 is 10.1 Å². The van der Waals surface area contributed by atoms with Crippen molar-refractivity contribution < 1.29 is 9.53 Å². The molecule has 0 radical (unpaired) electrons. The minimum atomic E-state index is -0.411. The Balaban J connectivity index is 2.17. The quantitative estimate of drug-likeness (QED) is 0.618. The van der Waals surface area contributed by atoms with Crippen molar-refractivity contribution in [2.45, 2.75) is 27.2 Å². The third kappa shape index (κ3) is 4.95. The number of amides is 1. The molecule has 25 heavy (non-hydrogen) atoms. The van der Waals surface area contributed by atoms with Gasteiger partial charge in [-0.15, -0.1) is 0 Å². The number of aryl methyl sites for hydroxylation is 2. The van der Waals surface area contributed by atoms with Crippen LogP contribution in [0.5, 0.6) is 5.75 Å². The molecule has 1 amide bonds. The molecule has 0 aliphatic carbocycles. The van der Waals surface area contributed by atoms with Crippen molar-refractivity contribution in [2.75, 3.05) is 11.9 Å². The first kappa shape index (κ1) is 18.3. The fourth-order valence-corrected chi connectivity index (χ4v) is 2.39. The van der Waals surface area contributed by atoms with Gasteiger partial charge in [0, 0.05) is 5.69 Å². The van der Waals surface area contributed by atoms with Gasteiger partial charge in [0.2, 0.25) is 0 Å². The summed E-state index contributed by atoms with van der Waals surface area (Å²) < 4.78 is 5.53. The van der Waals surface area contributed by atoms with Gasteiger partial charge >= 0.3 is 0 Å². The van der Waals surface area contributed by atoms with E-state index in [0.29, 0.717) is 6.61 Å². The second-order valence-electron chi connectivity index (χ2n) is 5.81. The van der Waals surface area contributed by atoms with Crippen molar-refractivity contribution in [3.05, 3.63) is 64.7 Å². The zero-order valence-corrected chi connectivity index (χ0v) is 14.8. The van der Waals surface area contributed by atoms with Gasteiger partial charge < -0.3 is 10.1 Å². The Morgan fingerprint density at radius 2 is 1.80 bits per heavy atom. The second kappa shape index (κ2) is 8.70. The lowest BCUT2D eigenvalue weighted by molar-refractivity contribution is -0.112. The Bertz CT molecular complexity index is 795. The minimum absolute atomic E-state index is 0.0601. The normalized spacial score (nSPS) is 10.9. The van der Waals surface area contributed by atoms with E-state index in [0.717, 1.165) is 34.5 Å². The molecular weight excluding hydrogens is 312 g/mol. The molecule has 4 nitrogen and oxygen atoms in total. The van der Waals surface area contributed by atoms with Crippen molar-refractivity contribution in [3.8, 4) is 11.8 Å². The first-order valence-electron chi connectivity index (χ1n) is 8.27. The van der Waals surface area contributed by atoms with Crippen molar-refractivity contribution >= 4 is 17.7 Å². The summed E-state index contributed by atoms with van der Waals surface area (Å²) in [5.74, 6) is 0.365. The van der Waals surface area contributed by atoms with E-state index in [1.165, 1.54) is 0 Å². The number of rotatable bonds is 6. The topological polar surface area (TPSA) is 62.1 Å². The molecule has 0 heterocycles.